The van der Waals surface area contributed by atoms with E-state index >= 15 is 0 Å². The Morgan fingerprint density at radius 2 is 2.17 bits per heavy atom. The van der Waals surface area contributed by atoms with Crippen LogP contribution in [0, 0.1) is 5.82 Å². The minimum absolute atomic E-state index is 0.146. The summed E-state index contributed by atoms with van der Waals surface area (Å²) in [5, 5.41) is 2.86. The van der Waals surface area contributed by atoms with Gasteiger partial charge in [-0.2, -0.15) is 0 Å². The number of benzene rings is 1. The number of ether oxygens (including phenoxy) is 1. The fourth-order valence-electron chi connectivity index (χ4n) is 2.64. The molecule has 1 saturated heterocycles. The Hall–Kier alpha value is -1.67. The lowest BCUT2D eigenvalue weighted by molar-refractivity contribution is -0.122. The highest BCUT2D eigenvalue weighted by atomic mass is 32.2. The van der Waals surface area contributed by atoms with Crippen molar-refractivity contribution in [3.8, 4) is 5.75 Å². The molecule has 0 saturated carbocycles. The van der Waals surface area contributed by atoms with E-state index < -0.39 is 15.8 Å². The largest absolute Gasteiger partial charge is 0.491 e. The van der Waals surface area contributed by atoms with Crippen molar-refractivity contribution in [2.45, 2.75) is 31.7 Å². The van der Waals surface area contributed by atoms with Crippen molar-refractivity contribution in [1.29, 1.82) is 0 Å². The predicted octanol–water partition coefficient (Wildman–Crippen LogP) is 1.52. The van der Waals surface area contributed by atoms with Crippen LogP contribution in [0.15, 0.2) is 24.3 Å². The van der Waals surface area contributed by atoms with Gasteiger partial charge in [0.25, 0.3) is 0 Å². The van der Waals surface area contributed by atoms with E-state index in [-0.39, 0.29) is 30.7 Å². The molecule has 1 fully saturated rings. The second-order valence-corrected chi connectivity index (χ2v) is 7.89. The molecule has 2 rings (SSSR count). The number of sulfonamides is 1. The molecule has 0 spiro atoms. The van der Waals surface area contributed by atoms with E-state index in [2.05, 4.69) is 5.32 Å². The van der Waals surface area contributed by atoms with Crippen molar-refractivity contribution in [3.05, 3.63) is 30.1 Å². The predicted molar refractivity (Wildman–Crippen MR) is 88.7 cm³/mol. The van der Waals surface area contributed by atoms with E-state index in [9.17, 15) is 17.6 Å². The summed E-state index contributed by atoms with van der Waals surface area (Å²) in [7, 11) is -3.22. The fourth-order valence-corrected chi connectivity index (χ4v) is 3.55. The van der Waals surface area contributed by atoms with E-state index in [1.54, 1.807) is 12.1 Å². The summed E-state index contributed by atoms with van der Waals surface area (Å²) in [5.41, 5.74) is 0. The van der Waals surface area contributed by atoms with Gasteiger partial charge in [-0.15, -0.1) is 0 Å². The number of carbonyl (C=O) groups is 1. The first-order chi connectivity index (χ1) is 11.4. The molecule has 0 aliphatic carbocycles. The smallest absolute Gasteiger partial charge is 0.220 e. The Kier molecular flexibility index (Phi) is 6.56. The van der Waals surface area contributed by atoms with Gasteiger partial charge in [0.2, 0.25) is 15.9 Å². The van der Waals surface area contributed by atoms with E-state index in [4.69, 9.17) is 4.74 Å². The number of hydrogen-bond donors (Lipinski definition) is 1. The van der Waals surface area contributed by atoms with Crippen molar-refractivity contribution in [3.63, 3.8) is 0 Å². The maximum Gasteiger partial charge on any atom is 0.220 e. The van der Waals surface area contributed by atoms with Crippen LogP contribution in [0.3, 0.4) is 0 Å². The molecular weight excluding hydrogens is 335 g/mol. The molecule has 1 atom stereocenters. The molecule has 1 aromatic carbocycles. The zero-order valence-electron chi connectivity index (χ0n) is 13.7. The van der Waals surface area contributed by atoms with E-state index in [0.29, 0.717) is 19.5 Å². The number of amides is 1. The second kappa shape index (κ2) is 8.43. The molecule has 6 nitrogen and oxygen atoms in total. The highest BCUT2D eigenvalue weighted by Crippen LogP contribution is 2.16. The lowest BCUT2D eigenvalue weighted by Gasteiger charge is -2.31. The maximum atomic E-state index is 13.4. The van der Waals surface area contributed by atoms with E-state index in [0.717, 1.165) is 12.8 Å². The molecule has 1 aliphatic heterocycles. The average Bonchev–Trinajstić information content (AvgIpc) is 2.52. The van der Waals surface area contributed by atoms with Crippen LogP contribution in [0.1, 0.15) is 25.7 Å². The first kappa shape index (κ1) is 18.7. The summed E-state index contributed by atoms with van der Waals surface area (Å²) in [6.07, 6.45) is 3.39. The van der Waals surface area contributed by atoms with Crippen LogP contribution in [-0.4, -0.2) is 50.6 Å². The fraction of sp³-hybridized carbons (Fsp3) is 0.562. The van der Waals surface area contributed by atoms with Crippen molar-refractivity contribution in [1.82, 2.24) is 9.62 Å². The quantitative estimate of drug-likeness (QED) is 0.750. The summed E-state index contributed by atoms with van der Waals surface area (Å²) >= 11 is 0. The van der Waals surface area contributed by atoms with Gasteiger partial charge in [0.1, 0.15) is 0 Å². The molecule has 0 radical (unpaired) electrons. The SMILES string of the molecule is CS(=O)(=O)N1CCCC(NC(=O)CCCOc2ccccc2F)C1. The number of rotatable bonds is 7. The standard InChI is InChI=1S/C16H23FN2O4S/c1-24(21,22)19-10-4-6-13(12-19)18-16(20)9-5-11-23-15-8-3-2-7-14(15)17/h2-3,7-8,13H,4-6,9-12H2,1H3,(H,18,20). The highest BCUT2D eigenvalue weighted by Gasteiger charge is 2.26. The lowest BCUT2D eigenvalue weighted by Crippen LogP contribution is -2.49. The number of nitrogens with zero attached hydrogens (tertiary/aromatic N) is 1. The molecular formula is C16H23FN2O4S. The summed E-state index contributed by atoms with van der Waals surface area (Å²) in [6, 6.07) is 5.96. The molecule has 1 amide bonds. The first-order valence-corrected chi connectivity index (χ1v) is 9.83. The van der Waals surface area contributed by atoms with Gasteiger partial charge in [0, 0.05) is 25.6 Å². The molecule has 134 valence electrons. The molecule has 1 N–H and O–H groups in total. The van der Waals surface area contributed by atoms with Crippen LogP contribution in [0.25, 0.3) is 0 Å². The van der Waals surface area contributed by atoms with Gasteiger partial charge < -0.3 is 10.1 Å². The molecule has 1 aromatic rings. The molecule has 0 bridgehead atoms. The van der Waals surface area contributed by atoms with Gasteiger partial charge in [-0.25, -0.2) is 17.1 Å². The lowest BCUT2D eigenvalue weighted by atomic mass is 10.1. The molecule has 1 heterocycles. The molecule has 8 heteroatoms. The van der Waals surface area contributed by atoms with Gasteiger partial charge in [-0.3, -0.25) is 4.79 Å². The van der Waals surface area contributed by atoms with Crippen LogP contribution in [0.2, 0.25) is 0 Å². The highest BCUT2D eigenvalue weighted by molar-refractivity contribution is 7.88. The Morgan fingerprint density at radius 3 is 2.88 bits per heavy atom. The van der Waals surface area contributed by atoms with Crippen LogP contribution in [0.5, 0.6) is 5.75 Å². The summed E-state index contributed by atoms with van der Waals surface area (Å²) < 4.78 is 43.2. The van der Waals surface area contributed by atoms with Crippen molar-refractivity contribution in [2.24, 2.45) is 0 Å². The average molecular weight is 358 g/mol. The van der Waals surface area contributed by atoms with Crippen LogP contribution in [0.4, 0.5) is 4.39 Å². The van der Waals surface area contributed by atoms with Crippen molar-refractivity contribution < 1.29 is 22.3 Å². The Balaban J connectivity index is 1.69. The topological polar surface area (TPSA) is 75.7 Å². The van der Waals surface area contributed by atoms with Crippen LogP contribution in [-0.2, 0) is 14.8 Å². The molecule has 24 heavy (non-hydrogen) atoms. The molecule has 1 unspecified atom stereocenters. The number of piperidine rings is 1. The number of hydrogen-bond acceptors (Lipinski definition) is 4. The minimum atomic E-state index is -3.22. The maximum absolute atomic E-state index is 13.4. The minimum Gasteiger partial charge on any atom is -0.491 e. The van der Waals surface area contributed by atoms with Gasteiger partial charge in [-0.05, 0) is 31.4 Å². The monoisotopic (exact) mass is 358 g/mol. The second-order valence-electron chi connectivity index (χ2n) is 5.91. The van der Waals surface area contributed by atoms with Crippen molar-refractivity contribution >= 4 is 15.9 Å². The molecule has 1 aliphatic rings. The Bertz CT molecular complexity index is 666. The number of nitrogens with one attached hydrogen (secondary N) is 1. The van der Waals surface area contributed by atoms with Crippen LogP contribution >= 0.6 is 0 Å². The third kappa shape index (κ3) is 5.76. The third-order valence-electron chi connectivity index (χ3n) is 3.86. The first-order valence-electron chi connectivity index (χ1n) is 7.98. The number of para-hydroxylation sites is 1. The van der Waals surface area contributed by atoms with E-state index in [1.165, 1.54) is 22.7 Å². The number of halogens is 1. The zero-order valence-corrected chi connectivity index (χ0v) is 14.5. The molecule has 0 aromatic heterocycles. The van der Waals surface area contributed by atoms with E-state index in [1.807, 2.05) is 0 Å². The normalized spacial score (nSPS) is 19.0. The van der Waals surface area contributed by atoms with Crippen molar-refractivity contribution in [2.75, 3.05) is 26.0 Å². The third-order valence-corrected chi connectivity index (χ3v) is 5.13. The Morgan fingerprint density at radius 1 is 1.42 bits per heavy atom. The number of carbonyl (C=O) groups excluding carboxylic acids is 1. The van der Waals surface area contributed by atoms with Gasteiger partial charge in [0.05, 0.1) is 12.9 Å². The summed E-state index contributed by atoms with van der Waals surface area (Å²) in [6.45, 7) is 1.06. The van der Waals surface area contributed by atoms with Gasteiger partial charge >= 0.3 is 0 Å². The summed E-state index contributed by atoms with van der Waals surface area (Å²) in [4.78, 5) is 11.9. The van der Waals surface area contributed by atoms with Crippen LogP contribution < -0.4 is 10.1 Å². The summed E-state index contributed by atoms with van der Waals surface area (Å²) in [5.74, 6) is -0.397. The zero-order chi connectivity index (χ0) is 17.6. The van der Waals surface area contributed by atoms with Gasteiger partial charge in [0.15, 0.2) is 11.6 Å². The van der Waals surface area contributed by atoms with Gasteiger partial charge in [-0.1, -0.05) is 12.1 Å². The Labute approximate surface area is 142 Å².